The van der Waals surface area contributed by atoms with Crippen LogP contribution < -0.4 is 15.4 Å². The smallest absolute Gasteiger partial charge is 0.287 e. The number of amides is 1. The third-order valence-corrected chi connectivity index (χ3v) is 3.50. The van der Waals surface area contributed by atoms with E-state index in [0.717, 1.165) is 11.3 Å². The van der Waals surface area contributed by atoms with E-state index in [0.29, 0.717) is 18.9 Å². The number of methoxy groups -OCH3 is 2. The van der Waals surface area contributed by atoms with Gasteiger partial charge in [0.1, 0.15) is 12.3 Å². The van der Waals surface area contributed by atoms with Crippen LogP contribution in [-0.2, 0) is 9.53 Å². The Morgan fingerprint density at radius 2 is 1.91 bits per heavy atom. The highest BCUT2D eigenvalue weighted by Gasteiger charge is 2.23. The highest BCUT2D eigenvalue weighted by molar-refractivity contribution is 5.94. The van der Waals surface area contributed by atoms with E-state index in [-0.39, 0.29) is 11.9 Å². The van der Waals surface area contributed by atoms with E-state index in [2.05, 4.69) is 5.32 Å². The van der Waals surface area contributed by atoms with Crippen molar-refractivity contribution in [3.05, 3.63) is 60.2 Å². The number of anilines is 1. The molecule has 3 N–H and O–H groups in total. The standard InChI is InChI=1S/C18H22N2O3/c1-22-12-11-19-17(14-7-4-3-5-8-14)18(21)20-15-9-6-10-16(13-15)23-2/h3-10,13,17,19H,11-12H2,1-2H3,(H,20,21)/p+1/t17-/m1/s1. The summed E-state index contributed by atoms with van der Waals surface area (Å²) < 4.78 is 10.3. The number of rotatable bonds is 8. The van der Waals surface area contributed by atoms with Crippen LogP contribution in [0, 0.1) is 0 Å². The SMILES string of the molecule is COCC[NH2+][C@@H](C(=O)Nc1cccc(OC)c1)c1ccccc1. The largest absolute Gasteiger partial charge is 0.497 e. The zero-order valence-corrected chi connectivity index (χ0v) is 13.5. The summed E-state index contributed by atoms with van der Waals surface area (Å²) in [5.74, 6) is 0.642. The molecule has 0 unspecified atom stereocenters. The van der Waals surface area contributed by atoms with Crippen LogP contribution in [0.1, 0.15) is 11.6 Å². The molecule has 0 saturated carbocycles. The zero-order chi connectivity index (χ0) is 16.5. The van der Waals surface area contributed by atoms with Crippen molar-refractivity contribution in [3.8, 4) is 5.75 Å². The second-order valence-electron chi connectivity index (χ2n) is 5.13. The summed E-state index contributed by atoms with van der Waals surface area (Å²) in [5, 5.41) is 4.93. The van der Waals surface area contributed by atoms with E-state index in [1.165, 1.54) is 0 Å². The molecule has 1 atom stereocenters. The minimum absolute atomic E-state index is 0.0689. The van der Waals surface area contributed by atoms with Gasteiger partial charge in [-0.25, -0.2) is 0 Å². The summed E-state index contributed by atoms with van der Waals surface area (Å²) in [7, 11) is 3.26. The van der Waals surface area contributed by atoms with E-state index >= 15 is 0 Å². The third-order valence-electron chi connectivity index (χ3n) is 3.50. The Kier molecular flexibility index (Phi) is 6.59. The molecule has 0 aliphatic heterocycles. The van der Waals surface area contributed by atoms with Crippen molar-refractivity contribution in [2.75, 3.05) is 32.7 Å². The van der Waals surface area contributed by atoms with Gasteiger partial charge in [0.05, 0.1) is 13.7 Å². The average Bonchev–Trinajstić information content (AvgIpc) is 2.59. The number of carbonyl (C=O) groups excluding carboxylic acids is 1. The van der Waals surface area contributed by atoms with E-state index in [1.54, 1.807) is 20.3 Å². The van der Waals surface area contributed by atoms with E-state index < -0.39 is 0 Å². The fraction of sp³-hybridized carbons (Fsp3) is 0.278. The number of hydrogen-bond acceptors (Lipinski definition) is 3. The fourth-order valence-electron chi connectivity index (χ4n) is 2.33. The average molecular weight is 315 g/mol. The van der Waals surface area contributed by atoms with Gasteiger partial charge in [0, 0.05) is 24.4 Å². The van der Waals surface area contributed by atoms with E-state index in [1.807, 2.05) is 53.8 Å². The maximum absolute atomic E-state index is 12.7. The lowest BCUT2D eigenvalue weighted by Crippen LogP contribution is -2.88. The van der Waals surface area contributed by atoms with Gasteiger partial charge in [0.25, 0.3) is 5.91 Å². The molecule has 2 rings (SSSR count). The normalized spacial score (nSPS) is 11.7. The summed E-state index contributed by atoms with van der Waals surface area (Å²) in [6.07, 6.45) is 0. The number of nitrogens with one attached hydrogen (secondary N) is 1. The topological polar surface area (TPSA) is 64.2 Å². The lowest BCUT2D eigenvalue weighted by Gasteiger charge is -2.16. The van der Waals surface area contributed by atoms with Gasteiger partial charge in [0.15, 0.2) is 6.04 Å². The Labute approximate surface area is 136 Å². The minimum atomic E-state index is -0.322. The number of benzene rings is 2. The van der Waals surface area contributed by atoms with Crippen LogP contribution in [0.4, 0.5) is 5.69 Å². The molecule has 0 fully saturated rings. The van der Waals surface area contributed by atoms with Gasteiger partial charge in [-0.15, -0.1) is 0 Å². The minimum Gasteiger partial charge on any atom is -0.497 e. The molecule has 23 heavy (non-hydrogen) atoms. The molecular weight excluding hydrogens is 292 g/mol. The first-order chi connectivity index (χ1) is 11.2. The van der Waals surface area contributed by atoms with Crippen molar-refractivity contribution < 1.29 is 19.6 Å². The molecule has 0 spiro atoms. The molecule has 0 bridgehead atoms. The molecule has 5 heteroatoms. The van der Waals surface area contributed by atoms with Gasteiger partial charge >= 0.3 is 0 Å². The van der Waals surface area contributed by atoms with Gasteiger partial charge in [-0.1, -0.05) is 36.4 Å². The van der Waals surface area contributed by atoms with Crippen LogP contribution >= 0.6 is 0 Å². The molecule has 5 nitrogen and oxygen atoms in total. The fourth-order valence-corrected chi connectivity index (χ4v) is 2.33. The first-order valence-corrected chi connectivity index (χ1v) is 7.56. The lowest BCUT2D eigenvalue weighted by atomic mass is 10.1. The molecule has 122 valence electrons. The van der Waals surface area contributed by atoms with Crippen LogP contribution in [0.25, 0.3) is 0 Å². The number of ether oxygens (including phenoxy) is 2. The molecule has 0 heterocycles. The van der Waals surface area contributed by atoms with E-state index in [9.17, 15) is 4.79 Å². The third kappa shape index (κ3) is 5.09. The zero-order valence-electron chi connectivity index (χ0n) is 13.5. The Balaban J connectivity index is 2.12. The molecule has 1 amide bonds. The maximum Gasteiger partial charge on any atom is 0.287 e. The maximum atomic E-state index is 12.7. The second kappa shape index (κ2) is 8.92. The molecule has 0 aromatic heterocycles. The van der Waals surface area contributed by atoms with Crippen molar-refractivity contribution in [3.63, 3.8) is 0 Å². The predicted octanol–water partition coefficient (Wildman–Crippen LogP) is 1.58. The van der Waals surface area contributed by atoms with Gasteiger partial charge < -0.3 is 20.1 Å². The van der Waals surface area contributed by atoms with Crippen LogP contribution in [0.3, 0.4) is 0 Å². The van der Waals surface area contributed by atoms with Crippen molar-refractivity contribution in [2.24, 2.45) is 0 Å². The number of carbonyl (C=O) groups is 1. The van der Waals surface area contributed by atoms with Crippen molar-refractivity contribution >= 4 is 11.6 Å². The quantitative estimate of drug-likeness (QED) is 0.727. The van der Waals surface area contributed by atoms with Crippen molar-refractivity contribution in [1.29, 1.82) is 0 Å². The summed E-state index contributed by atoms with van der Waals surface area (Å²) in [6.45, 7) is 1.30. The number of hydrogen-bond donors (Lipinski definition) is 2. The van der Waals surface area contributed by atoms with Gasteiger partial charge in [-0.2, -0.15) is 0 Å². The highest BCUT2D eigenvalue weighted by Crippen LogP contribution is 2.18. The van der Waals surface area contributed by atoms with Crippen LogP contribution in [0.2, 0.25) is 0 Å². The Morgan fingerprint density at radius 3 is 2.61 bits per heavy atom. The molecular formula is C18H23N2O3+. The van der Waals surface area contributed by atoms with Gasteiger partial charge in [-0.3, -0.25) is 4.79 Å². The summed E-state index contributed by atoms with van der Waals surface area (Å²) in [6, 6.07) is 16.7. The van der Waals surface area contributed by atoms with Crippen LogP contribution in [0.5, 0.6) is 5.75 Å². The van der Waals surface area contributed by atoms with Crippen molar-refractivity contribution in [2.45, 2.75) is 6.04 Å². The molecule has 0 radical (unpaired) electrons. The Bertz CT molecular complexity index is 617. The summed E-state index contributed by atoms with van der Waals surface area (Å²) in [5.41, 5.74) is 1.68. The van der Waals surface area contributed by atoms with Crippen LogP contribution in [0.15, 0.2) is 54.6 Å². The van der Waals surface area contributed by atoms with E-state index in [4.69, 9.17) is 9.47 Å². The molecule has 0 aliphatic rings. The lowest BCUT2D eigenvalue weighted by molar-refractivity contribution is -0.683. The first-order valence-electron chi connectivity index (χ1n) is 7.56. The van der Waals surface area contributed by atoms with Gasteiger partial charge in [0.2, 0.25) is 0 Å². The summed E-state index contributed by atoms with van der Waals surface area (Å²) >= 11 is 0. The Morgan fingerprint density at radius 1 is 1.13 bits per heavy atom. The molecule has 0 saturated heterocycles. The van der Waals surface area contributed by atoms with Crippen LogP contribution in [-0.4, -0.2) is 33.3 Å². The Hall–Kier alpha value is -2.37. The first kappa shape index (κ1) is 17.0. The number of quaternary nitrogens is 1. The second-order valence-corrected chi connectivity index (χ2v) is 5.13. The highest BCUT2D eigenvalue weighted by atomic mass is 16.5. The summed E-state index contributed by atoms with van der Waals surface area (Å²) in [4.78, 5) is 12.7. The molecule has 0 aliphatic carbocycles. The van der Waals surface area contributed by atoms with Gasteiger partial charge in [-0.05, 0) is 12.1 Å². The molecule has 2 aromatic carbocycles. The van der Waals surface area contributed by atoms with Crippen molar-refractivity contribution in [1.82, 2.24) is 0 Å². The number of nitrogens with two attached hydrogens (primary N) is 1. The predicted molar refractivity (Wildman–Crippen MR) is 89.5 cm³/mol. The molecule has 2 aromatic rings. The monoisotopic (exact) mass is 315 g/mol.